The summed E-state index contributed by atoms with van der Waals surface area (Å²) in [7, 11) is 0. The zero-order chi connectivity index (χ0) is 11.5. The first-order valence-corrected chi connectivity index (χ1v) is 5.85. The molecule has 0 amide bonds. The van der Waals surface area contributed by atoms with Gasteiger partial charge in [-0.05, 0) is 12.1 Å². The minimum atomic E-state index is -0.671. The van der Waals surface area contributed by atoms with Gasteiger partial charge in [0.25, 0.3) is 0 Å². The van der Waals surface area contributed by atoms with Crippen LogP contribution >= 0.6 is 15.9 Å². The van der Waals surface area contributed by atoms with Crippen LogP contribution in [0.25, 0.3) is 10.9 Å². The number of aliphatic hydroxyl groups is 2. The Bertz CT molecular complexity index is 501. The summed E-state index contributed by atoms with van der Waals surface area (Å²) in [6, 6.07) is 7.52. The van der Waals surface area contributed by atoms with Crippen LogP contribution in [-0.2, 0) is 0 Å². The molecule has 4 heteroatoms. The van der Waals surface area contributed by atoms with Crippen molar-refractivity contribution in [1.82, 2.24) is 4.98 Å². The molecule has 0 bridgehead atoms. The zero-order valence-electron chi connectivity index (χ0n) is 8.60. The third-order valence-electron chi connectivity index (χ3n) is 2.51. The van der Waals surface area contributed by atoms with E-state index in [0.29, 0.717) is 6.42 Å². The molecule has 0 aliphatic rings. The van der Waals surface area contributed by atoms with Crippen molar-refractivity contribution in [2.75, 3.05) is 6.61 Å². The third kappa shape index (κ3) is 2.09. The molecule has 0 aliphatic heterocycles. The van der Waals surface area contributed by atoms with Crippen LogP contribution in [0.2, 0.25) is 0 Å². The van der Waals surface area contributed by atoms with E-state index in [0.717, 1.165) is 20.9 Å². The summed E-state index contributed by atoms with van der Waals surface area (Å²) < 4.78 is 0.954. The van der Waals surface area contributed by atoms with E-state index in [1.54, 1.807) is 6.20 Å². The summed E-state index contributed by atoms with van der Waals surface area (Å²) in [5.74, 6) is 0. The Morgan fingerprint density at radius 1 is 1.31 bits per heavy atom. The third-order valence-corrected chi connectivity index (χ3v) is 3.20. The Hall–Kier alpha value is -0.970. The van der Waals surface area contributed by atoms with Crippen molar-refractivity contribution in [3.05, 3.63) is 40.5 Å². The second-order valence-electron chi connectivity index (χ2n) is 3.56. The molecular weight excluding hydrogens is 270 g/mol. The van der Waals surface area contributed by atoms with E-state index in [2.05, 4.69) is 20.9 Å². The van der Waals surface area contributed by atoms with Crippen molar-refractivity contribution in [3.63, 3.8) is 0 Å². The van der Waals surface area contributed by atoms with Gasteiger partial charge in [-0.2, -0.15) is 0 Å². The molecule has 84 valence electrons. The number of hydrogen-bond donors (Lipinski definition) is 2. The molecule has 1 aromatic heterocycles. The minimum absolute atomic E-state index is 0.0362. The van der Waals surface area contributed by atoms with Crippen LogP contribution in [0.1, 0.15) is 18.1 Å². The van der Waals surface area contributed by atoms with Gasteiger partial charge in [0.05, 0.1) is 11.6 Å². The molecule has 1 unspecified atom stereocenters. The number of aromatic nitrogens is 1. The standard InChI is InChI=1S/C12H12BrNO2/c13-10-4-3-9(11(16)5-7-15)12-8(10)2-1-6-14-12/h1-4,6,11,15-16H,5,7H2. The maximum Gasteiger partial charge on any atom is 0.0833 e. The SMILES string of the molecule is OCCC(O)c1ccc(Br)c2cccnc12. The molecule has 1 aromatic carbocycles. The topological polar surface area (TPSA) is 53.4 Å². The van der Waals surface area contributed by atoms with Gasteiger partial charge in [-0.25, -0.2) is 0 Å². The normalized spacial score (nSPS) is 12.9. The number of aliphatic hydroxyl groups excluding tert-OH is 2. The maximum atomic E-state index is 9.89. The lowest BCUT2D eigenvalue weighted by Crippen LogP contribution is -2.02. The Morgan fingerprint density at radius 3 is 2.88 bits per heavy atom. The quantitative estimate of drug-likeness (QED) is 0.909. The van der Waals surface area contributed by atoms with Crippen LogP contribution < -0.4 is 0 Å². The molecule has 0 radical (unpaired) electrons. The lowest BCUT2D eigenvalue weighted by Gasteiger charge is -2.12. The highest BCUT2D eigenvalue weighted by Crippen LogP contribution is 2.29. The molecule has 0 aliphatic carbocycles. The number of fused-ring (bicyclic) bond motifs is 1. The number of hydrogen-bond acceptors (Lipinski definition) is 3. The number of benzene rings is 1. The lowest BCUT2D eigenvalue weighted by atomic mass is 10.0. The van der Waals surface area contributed by atoms with E-state index in [9.17, 15) is 5.11 Å². The van der Waals surface area contributed by atoms with Gasteiger partial charge in [-0.1, -0.05) is 28.1 Å². The lowest BCUT2D eigenvalue weighted by molar-refractivity contribution is 0.135. The van der Waals surface area contributed by atoms with Gasteiger partial charge in [-0.3, -0.25) is 4.98 Å². The highest BCUT2D eigenvalue weighted by atomic mass is 79.9. The zero-order valence-corrected chi connectivity index (χ0v) is 10.2. The fourth-order valence-corrected chi connectivity index (χ4v) is 2.16. The van der Waals surface area contributed by atoms with E-state index in [1.165, 1.54) is 0 Å². The van der Waals surface area contributed by atoms with Gasteiger partial charge in [-0.15, -0.1) is 0 Å². The molecule has 3 nitrogen and oxygen atoms in total. The second-order valence-corrected chi connectivity index (χ2v) is 4.42. The summed E-state index contributed by atoms with van der Waals surface area (Å²) in [5.41, 5.74) is 1.53. The van der Waals surface area contributed by atoms with Gasteiger partial charge >= 0.3 is 0 Å². The van der Waals surface area contributed by atoms with Crippen molar-refractivity contribution in [2.24, 2.45) is 0 Å². The van der Waals surface area contributed by atoms with Gasteiger partial charge in [0.2, 0.25) is 0 Å². The number of halogens is 1. The van der Waals surface area contributed by atoms with Crippen LogP contribution in [0, 0.1) is 0 Å². The molecule has 0 saturated carbocycles. The molecule has 0 saturated heterocycles. The van der Waals surface area contributed by atoms with Crippen LogP contribution in [0.5, 0.6) is 0 Å². The predicted octanol–water partition coefficient (Wildman–Crippen LogP) is 2.41. The number of nitrogens with zero attached hydrogens (tertiary/aromatic N) is 1. The average molecular weight is 282 g/mol. The van der Waals surface area contributed by atoms with Crippen molar-refractivity contribution < 1.29 is 10.2 Å². The van der Waals surface area contributed by atoms with Gasteiger partial charge in [0, 0.05) is 34.6 Å². The largest absolute Gasteiger partial charge is 0.396 e. The summed E-state index contributed by atoms with van der Waals surface area (Å²) >= 11 is 3.45. The van der Waals surface area contributed by atoms with Crippen molar-refractivity contribution in [3.8, 4) is 0 Å². The first-order chi connectivity index (χ1) is 7.74. The Morgan fingerprint density at radius 2 is 2.12 bits per heavy atom. The summed E-state index contributed by atoms with van der Waals surface area (Å²) in [6.07, 6.45) is 1.35. The minimum Gasteiger partial charge on any atom is -0.396 e. The maximum absolute atomic E-state index is 9.89. The number of rotatable bonds is 3. The van der Waals surface area contributed by atoms with Gasteiger partial charge in [0.1, 0.15) is 0 Å². The highest BCUT2D eigenvalue weighted by molar-refractivity contribution is 9.10. The molecule has 0 fully saturated rings. The van der Waals surface area contributed by atoms with Crippen LogP contribution in [0.3, 0.4) is 0 Å². The Kier molecular flexibility index (Phi) is 3.53. The predicted molar refractivity (Wildman–Crippen MR) is 66.1 cm³/mol. The summed E-state index contributed by atoms with van der Waals surface area (Å²) in [5, 5.41) is 19.7. The molecule has 2 aromatic rings. The van der Waals surface area contributed by atoms with Gasteiger partial charge in [0.15, 0.2) is 0 Å². The molecule has 16 heavy (non-hydrogen) atoms. The molecular formula is C12H12BrNO2. The fourth-order valence-electron chi connectivity index (χ4n) is 1.71. The van der Waals surface area contributed by atoms with Crippen LogP contribution in [0.15, 0.2) is 34.9 Å². The first kappa shape index (κ1) is 11.5. The van der Waals surface area contributed by atoms with Crippen LogP contribution in [-0.4, -0.2) is 21.8 Å². The second kappa shape index (κ2) is 4.91. The fraction of sp³-hybridized carbons (Fsp3) is 0.250. The molecule has 0 spiro atoms. The van der Waals surface area contributed by atoms with Crippen molar-refractivity contribution in [1.29, 1.82) is 0 Å². The van der Waals surface area contributed by atoms with E-state index in [-0.39, 0.29) is 6.61 Å². The first-order valence-electron chi connectivity index (χ1n) is 5.06. The van der Waals surface area contributed by atoms with Crippen molar-refractivity contribution >= 4 is 26.8 Å². The van der Waals surface area contributed by atoms with Crippen molar-refractivity contribution in [2.45, 2.75) is 12.5 Å². The molecule has 2 N–H and O–H groups in total. The van der Waals surface area contributed by atoms with Crippen LogP contribution in [0.4, 0.5) is 0 Å². The highest BCUT2D eigenvalue weighted by Gasteiger charge is 2.12. The van der Waals surface area contributed by atoms with E-state index in [1.807, 2.05) is 24.3 Å². The summed E-state index contributed by atoms with van der Waals surface area (Å²) in [6.45, 7) is -0.0362. The molecule has 1 heterocycles. The monoisotopic (exact) mass is 281 g/mol. The van der Waals surface area contributed by atoms with Gasteiger partial charge < -0.3 is 10.2 Å². The smallest absolute Gasteiger partial charge is 0.0833 e. The molecule has 2 rings (SSSR count). The molecule has 1 atom stereocenters. The van der Waals surface area contributed by atoms with E-state index < -0.39 is 6.10 Å². The van der Waals surface area contributed by atoms with E-state index >= 15 is 0 Å². The Labute approximate surface area is 102 Å². The number of pyridine rings is 1. The van der Waals surface area contributed by atoms with E-state index in [4.69, 9.17) is 5.11 Å². The average Bonchev–Trinajstić information content (AvgIpc) is 2.30. The summed E-state index contributed by atoms with van der Waals surface area (Å²) in [4.78, 5) is 4.27. The Balaban J connectivity index is 2.58.